The number of rotatable bonds is 4. The summed E-state index contributed by atoms with van der Waals surface area (Å²) in [5, 5.41) is 9.91. The number of likely N-dealkylation sites (tertiary alicyclic amines) is 1. The Kier molecular flexibility index (Phi) is 3.73. The second kappa shape index (κ2) is 4.49. The zero-order valence-corrected chi connectivity index (χ0v) is 9.86. The highest BCUT2D eigenvalue weighted by Crippen LogP contribution is 2.26. The molecule has 1 heterocycles. The van der Waals surface area contributed by atoms with Gasteiger partial charge in [-0.25, -0.2) is 0 Å². The Balaban J connectivity index is 2.41. The van der Waals surface area contributed by atoms with Crippen LogP contribution in [-0.2, 0) is 4.79 Å². The first-order valence-electron chi connectivity index (χ1n) is 5.66. The van der Waals surface area contributed by atoms with Crippen LogP contribution in [0.4, 0.5) is 0 Å². The van der Waals surface area contributed by atoms with Gasteiger partial charge < -0.3 is 15.7 Å². The van der Waals surface area contributed by atoms with E-state index in [0.717, 1.165) is 12.8 Å². The molecule has 1 saturated heterocycles. The predicted octanol–water partition coefficient (Wildman–Crippen LogP) is 0.343. The van der Waals surface area contributed by atoms with Gasteiger partial charge in [0, 0.05) is 0 Å². The van der Waals surface area contributed by atoms with Crippen LogP contribution in [0.3, 0.4) is 0 Å². The van der Waals surface area contributed by atoms with Crippen molar-refractivity contribution in [2.24, 2.45) is 11.7 Å². The molecule has 0 spiro atoms. The second-order valence-electron chi connectivity index (χ2n) is 4.94. The summed E-state index contributed by atoms with van der Waals surface area (Å²) in [4.78, 5) is 13.4. The average molecular weight is 214 g/mol. The van der Waals surface area contributed by atoms with Crippen LogP contribution in [-0.4, -0.2) is 40.6 Å². The lowest BCUT2D eigenvalue weighted by atomic mass is 9.88. The number of amides is 1. The van der Waals surface area contributed by atoms with E-state index in [0.29, 0.717) is 13.1 Å². The SMILES string of the molecule is CCCC1(O)CN(C(=O)[C@@H](N)C(C)C)C1. The molecule has 0 unspecified atom stereocenters. The molecule has 0 aromatic heterocycles. The summed E-state index contributed by atoms with van der Waals surface area (Å²) in [6, 6.07) is -0.434. The number of nitrogens with two attached hydrogens (primary N) is 1. The first-order valence-corrected chi connectivity index (χ1v) is 5.66. The highest BCUT2D eigenvalue weighted by molar-refractivity contribution is 5.82. The van der Waals surface area contributed by atoms with Crippen LogP contribution in [0.15, 0.2) is 0 Å². The van der Waals surface area contributed by atoms with Crippen LogP contribution in [0.5, 0.6) is 0 Å². The number of carbonyl (C=O) groups is 1. The Bertz CT molecular complexity index is 235. The van der Waals surface area contributed by atoms with E-state index in [2.05, 4.69) is 0 Å². The second-order valence-corrected chi connectivity index (χ2v) is 4.94. The third-order valence-electron chi connectivity index (χ3n) is 3.00. The van der Waals surface area contributed by atoms with E-state index in [1.165, 1.54) is 0 Å². The first-order chi connectivity index (χ1) is 6.89. The molecule has 0 radical (unpaired) electrons. The van der Waals surface area contributed by atoms with Gasteiger partial charge in [-0.2, -0.15) is 0 Å². The summed E-state index contributed by atoms with van der Waals surface area (Å²) < 4.78 is 0. The summed E-state index contributed by atoms with van der Waals surface area (Å²) in [5.74, 6) is 0.114. The highest BCUT2D eigenvalue weighted by atomic mass is 16.3. The standard InChI is InChI=1S/C11H22N2O2/c1-4-5-11(15)6-13(7-11)10(14)9(12)8(2)3/h8-9,15H,4-7,12H2,1-3H3/t9-/m0/s1. The van der Waals surface area contributed by atoms with Crippen molar-refractivity contribution in [2.75, 3.05) is 13.1 Å². The molecule has 1 atom stereocenters. The molecule has 0 saturated carbocycles. The van der Waals surface area contributed by atoms with Crippen LogP contribution >= 0.6 is 0 Å². The largest absolute Gasteiger partial charge is 0.386 e. The fourth-order valence-electron chi connectivity index (χ4n) is 1.94. The predicted molar refractivity (Wildman–Crippen MR) is 59.3 cm³/mol. The maximum absolute atomic E-state index is 11.7. The fraction of sp³-hybridized carbons (Fsp3) is 0.909. The molecule has 0 aliphatic carbocycles. The van der Waals surface area contributed by atoms with Crippen molar-refractivity contribution in [3.63, 3.8) is 0 Å². The molecule has 1 aliphatic heterocycles. The Morgan fingerprint density at radius 2 is 2.07 bits per heavy atom. The minimum atomic E-state index is -0.652. The van der Waals surface area contributed by atoms with Crippen LogP contribution in [0.2, 0.25) is 0 Å². The van der Waals surface area contributed by atoms with E-state index in [-0.39, 0.29) is 11.8 Å². The molecule has 0 aromatic carbocycles. The maximum Gasteiger partial charge on any atom is 0.239 e. The average Bonchev–Trinajstić information content (AvgIpc) is 2.11. The van der Waals surface area contributed by atoms with Crippen molar-refractivity contribution < 1.29 is 9.90 Å². The van der Waals surface area contributed by atoms with E-state index < -0.39 is 11.6 Å². The quantitative estimate of drug-likeness (QED) is 0.709. The third-order valence-corrected chi connectivity index (χ3v) is 3.00. The molecule has 4 heteroatoms. The minimum Gasteiger partial charge on any atom is -0.386 e. The van der Waals surface area contributed by atoms with E-state index >= 15 is 0 Å². The van der Waals surface area contributed by atoms with Crippen molar-refractivity contribution in [1.29, 1.82) is 0 Å². The van der Waals surface area contributed by atoms with Gasteiger partial charge in [0.15, 0.2) is 0 Å². The molecule has 0 bridgehead atoms. The number of nitrogens with zero attached hydrogens (tertiary/aromatic N) is 1. The van der Waals surface area contributed by atoms with Crippen molar-refractivity contribution in [3.8, 4) is 0 Å². The molecule has 1 fully saturated rings. The molecule has 88 valence electrons. The van der Waals surface area contributed by atoms with Crippen LogP contribution in [0, 0.1) is 5.92 Å². The summed E-state index contributed by atoms with van der Waals surface area (Å²) in [7, 11) is 0. The van der Waals surface area contributed by atoms with Gasteiger partial charge in [0.1, 0.15) is 0 Å². The Hall–Kier alpha value is -0.610. The van der Waals surface area contributed by atoms with Crippen molar-refractivity contribution in [2.45, 2.75) is 45.3 Å². The Morgan fingerprint density at radius 1 is 1.53 bits per heavy atom. The van der Waals surface area contributed by atoms with Crippen molar-refractivity contribution in [3.05, 3.63) is 0 Å². The Labute approximate surface area is 91.4 Å². The van der Waals surface area contributed by atoms with Crippen molar-refractivity contribution in [1.82, 2.24) is 4.90 Å². The van der Waals surface area contributed by atoms with Gasteiger partial charge in [-0.15, -0.1) is 0 Å². The number of hydrogen-bond donors (Lipinski definition) is 2. The van der Waals surface area contributed by atoms with E-state index in [1.807, 2.05) is 20.8 Å². The lowest BCUT2D eigenvalue weighted by molar-refractivity contribution is -0.158. The molecule has 1 rings (SSSR count). The summed E-state index contributed by atoms with van der Waals surface area (Å²) >= 11 is 0. The van der Waals surface area contributed by atoms with Gasteiger partial charge in [0.05, 0.1) is 24.7 Å². The van der Waals surface area contributed by atoms with E-state index in [1.54, 1.807) is 4.90 Å². The number of aliphatic hydroxyl groups is 1. The summed E-state index contributed by atoms with van der Waals surface area (Å²) in [6.45, 7) is 6.78. The van der Waals surface area contributed by atoms with E-state index in [4.69, 9.17) is 5.73 Å². The molecule has 3 N–H and O–H groups in total. The monoisotopic (exact) mass is 214 g/mol. The van der Waals surface area contributed by atoms with Gasteiger partial charge in [-0.3, -0.25) is 4.79 Å². The molecule has 1 amide bonds. The normalized spacial score (nSPS) is 21.3. The van der Waals surface area contributed by atoms with Crippen molar-refractivity contribution >= 4 is 5.91 Å². The minimum absolute atomic E-state index is 0.0363. The number of carbonyl (C=O) groups excluding carboxylic acids is 1. The maximum atomic E-state index is 11.7. The molecular formula is C11H22N2O2. The lowest BCUT2D eigenvalue weighted by Crippen LogP contribution is -2.66. The zero-order valence-electron chi connectivity index (χ0n) is 9.86. The van der Waals surface area contributed by atoms with Gasteiger partial charge in [0.2, 0.25) is 5.91 Å². The molecule has 15 heavy (non-hydrogen) atoms. The van der Waals surface area contributed by atoms with Gasteiger partial charge >= 0.3 is 0 Å². The van der Waals surface area contributed by atoms with Gasteiger partial charge in [-0.1, -0.05) is 27.2 Å². The molecular weight excluding hydrogens is 192 g/mol. The smallest absolute Gasteiger partial charge is 0.239 e. The van der Waals surface area contributed by atoms with Crippen LogP contribution in [0.25, 0.3) is 0 Å². The third kappa shape index (κ3) is 2.69. The highest BCUT2D eigenvalue weighted by Gasteiger charge is 2.43. The number of β-amino-alcohol motifs (C(OH)–C–C–N with tert-alkyl or cyclic N) is 1. The van der Waals surface area contributed by atoms with Gasteiger partial charge in [-0.05, 0) is 12.3 Å². The van der Waals surface area contributed by atoms with Gasteiger partial charge in [0.25, 0.3) is 0 Å². The topological polar surface area (TPSA) is 66.6 Å². The van der Waals surface area contributed by atoms with Crippen LogP contribution < -0.4 is 5.73 Å². The fourth-order valence-corrected chi connectivity index (χ4v) is 1.94. The summed E-state index contributed by atoms with van der Waals surface area (Å²) in [5.41, 5.74) is 5.11. The summed E-state index contributed by atoms with van der Waals surface area (Å²) in [6.07, 6.45) is 1.70. The Morgan fingerprint density at radius 3 is 2.47 bits per heavy atom. The molecule has 0 aromatic rings. The molecule has 1 aliphatic rings. The lowest BCUT2D eigenvalue weighted by Gasteiger charge is -2.47. The molecule has 4 nitrogen and oxygen atoms in total. The first kappa shape index (κ1) is 12.5. The number of hydrogen-bond acceptors (Lipinski definition) is 3. The van der Waals surface area contributed by atoms with E-state index in [9.17, 15) is 9.90 Å². The van der Waals surface area contributed by atoms with Crippen LogP contribution in [0.1, 0.15) is 33.6 Å². The zero-order chi connectivity index (χ0) is 11.6.